The van der Waals surface area contributed by atoms with Gasteiger partial charge < -0.3 is 4.74 Å². The highest BCUT2D eigenvalue weighted by atomic mass is 19.2. The molecule has 1 aromatic heterocycles. The van der Waals surface area contributed by atoms with Gasteiger partial charge >= 0.3 is 0 Å². The van der Waals surface area contributed by atoms with Crippen LogP contribution in [-0.2, 0) is 11.3 Å². The van der Waals surface area contributed by atoms with Crippen molar-refractivity contribution in [2.75, 3.05) is 7.11 Å². The first-order chi connectivity index (χ1) is 15.0. The Labute approximate surface area is 176 Å². The first-order valence-electron chi connectivity index (χ1n) is 9.29. The number of nitrogens with zero attached hydrogens (tertiary/aromatic N) is 1. The van der Waals surface area contributed by atoms with E-state index in [1.165, 1.54) is 36.4 Å². The minimum absolute atomic E-state index is 0.108. The number of methoxy groups -OCH3 is 1. The molecule has 4 rings (SSSR count). The van der Waals surface area contributed by atoms with Crippen LogP contribution in [0.5, 0.6) is 0 Å². The van der Waals surface area contributed by atoms with Crippen LogP contribution in [0, 0.1) is 35.1 Å². The number of fused-ring (bicyclic) bond motifs is 1. The summed E-state index contributed by atoms with van der Waals surface area (Å²) in [6, 6.07) is 12.6. The third kappa shape index (κ3) is 4.27. The van der Waals surface area contributed by atoms with E-state index in [9.17, 15) is 17.6 Å². The van der Waals surface area contributed by atoms with E-state index in [0.717, 1.165) is 11.6 Å². The molecular formula is C25H15F4NO. The Bertz CT molecular complexity index is 1310. The SMILES string of the molecule is COCc1ccc(-c2cc(F)c(C#Cc3ccc4c(F)c(F)ccc4c3)c(F)c2)nc1. The summed E-state index contributed by atoms with van der Waals surface area (Å²) in [5.41, 5.74) is 1.57. The van der Waals surface area contributed by atoms with Gasteiger partial charge in [-0.15, -0.1) is 0 Å². The van der Waals surface area contributed by atoms with Crippen molar-refractivity contribution in [1.29, 1.82) is 0 Å². The molecule has 0 spiro atoms. The summed E-state index contributed by atoms with van der Waals surface area (Å²) < 4.78 is 61.3. The molecule has 154 valence electrons. The van der Waals surface area contributed by atoms with Crippen molar-refractivity contribution >= 4 is 10.8 Å². The number of hydrogen-bond acceptors (Lipinski definition) is 2. The smallest absolute Gasteiger partial charge is 0.166 e. The van der Waals surface area contributed by atoms with Crippen LogP contribution in [-0.4, -0.2) is 12.1 Å². The van der Waals surface area contributed by atoms with Gasteiger partial charge in [0, 0.05) is 29.8 Å². The van der Waals surface area contributed by atoms with E-state index in [1.807, 2.05) is 0 Å². The van der Waals surface area contributed by atoms with Crippen LogP contribution < -0.4 is 0 Å². The van der Waals surface area contributed by atoms with E-state index in [2.05, 4.69) is 16.8 Å². The standard InChI is InChI=1S/C25H15F4NO/c1-31-14-16-4-9-24(30-13-16)18-11-22(27)20(23(28)12-18)7-3-15-2-6-19-17(10-15)5-8-21(26)25(19)29/h2,4-6,8-13H,14H2,1H3. The second-order valence-corrected chi connectivity index (χ2v) is 6.85. The molecule has 0 aliphatic carbocycles. The van der Waals surface area contributed by atoms with Gasteiger partial charge in [-0.3, -0.25) is 4.98 Å². The average Bonchev–Trinajstić information content (AvgIpc) is 2.76. The van der Waals surface area contributed by atoms with E-state index < -0.39 is 23.3 Å². The number of rotatable bonds is 3. The van der Waals surface area contributed by atoms with Crippen LogP contribution in [0.4, 0.5) is 17.6 Å². The summed E-state index contributed by atoms with van der Waals surface area (Å²) in [6.07, 6.45) is 1.58. The lowest BCUT2D eigenvalue weighted by molar-refractivity contribution is 0.184. The Balaban J connectivity index is 1.65. The van der Waals surface area contributed by atoms with Crippen molar-refractivity contribution in [2.45, 2.75) is 6.61 Å². The molecule has 31 heavy (non-hydrogen) atoms. The fourth-order valence-corrected chi connectivity index (χ4v) is 3.17. The van der Waals surface area contributed by atoms with E-state index >= 15 is 0 Å². The van der Waals surface area contributed by atoms with Crippen molar-refractivity contribution in [3.05, 3.63) is 101 Å². The summed E-state index contributed by atoms with van der Waals surface area (Å²) in [4.78, 5) is 4.21. The maximum atomic E-state index is 14.6. The Morgan fingerprint density at radius 2 is 1.61 bits per heavy atom. The summed E-state index contributed by atoms with van der Waals surface area (Å²) in [5, 5.41) is 0.543. The van der Waals surface area contributed by atoms with Crippen LogP contribution in [0.3, 0.4) is 0 Å². The molecule has 1 heterocycles. The zero-order chi connectivity index (χ0) is 22.0. The van der Waals surface area contributed by atoms with Crippen molar-refractivity contribution in [1.82, 2.24) is 4.98 Å². The van der Waals surface area contributed by atoms with Gasteiger partial charge in [-0.1, -0.05) is 30.0 Å². The van der Waals surface area contributed by atoms with Crippen molar-refractivity contribution in [2.24, 2.45) is 0 Å². The molecule has 0 unspecified atom stereocenters. The zero-order valence-electron chi connectivity index (χ0n) is 16.3. The van der Waals surface area contributed by atoms with Gasteiger partial charge in [-0.25, -0.2) is 17.6 Å². The number of pyridine rings is 1. The summed E-state index contributed by atoms with van der Waals surface area (Å²) in [5.74, 6) is 1.63. The van der Waals surface area contributed by atoms with Crippen LogP contribution in [0.2, 0.25) is 0 Å². The van der Waals surface area contributed by atoms with Crippen LogP contribution in [0.25, 0.3) is 22.0 Å². The quantitative estimate of drug-likeness (QED) is 0.299. The zero-order valence-corrected chi connectivity index (χ0v) is 16.3. The summed E-state index contributed by atoms with van der Waals surface area (Å²) >= 11 is 0. The predicted molar refractivity (Wildman–Crippen MR) is 110 cm³/mol. The largest absolute Gasteiger partial charge is 0.380 e. The Morgan fingerprint density at radius 3 is 2.29 bits per heavy atom. The highest BCUT2D eigenvalue weighted by molar-refractivity contribution is 5.84. The minimum Gasteiger partial charge on any atom is -0.380 e. The lowest BCUT2D eigenvalue weighted by atomic mass is 10.0. The van der Waals surface area contributed by atoms with Gasteiger partial charge in [-0.05, 0) is 47.3 Å². The molecule has 0 atom stereocenters. The predicted octanol–water partition coefficient (Wildman–Crippen LogP) is 6.00. The molecule has 0 saturated heterocycles. The maximum Gasteiger partial charge on any atom is 0.166 e. The molecule has 0 radical (unpaired) electrons. The number of ether oxygens (including phenoxy) is 1. The third-order valence-corrected chi connectivity index (χ3v) is 4.71. The highest BCUT2D eigenvalue weighted by Gasteiger charge is 2.12. The molecule has 6 heteroatoms. The molecule has 0 aliphatic rings. The fraction of sp³-hybridized carbons (Fsp3) is 0.0800. The van der Waals surface area contributed by atoms with Gasteiger partial charge in [0.1, 0.15) is 11.6 Å². The molecule has 0 N–H and O–H groups in total. The first-order valence-corrected chi connectivity index (χ1v) is 9.29. The molecule has 4 aromatic rings. The first kappa shape index (κ1) is 20.6. The Hall–Kier alpha value is -3.69. The molecule has 2 nitrogen and oxygen atoms in total. The second kappa shape index (κ2) is 8.58. The van der Waals surface area contributed by atoms with Crippen LogP contribution in [0.1, 0.15) is 16.7 Å². The van der Waals surface area contributed by atoms with Crippen molar-refractivity contribution in [3.8, 4) is 23.1 Å². The monoisotopic (exact) mass is 421 g/mol. The van der Waals surface area contributed by atoms with Crippen molar-refractivity contribution in [3.63, 3.8) is 0 Å². The van der Waals surface area contributed by atoms with Gasteiger partial charge in [0.2, 0.25) is 0 Å². The molecule has 3 aromatic carbocycles. The van der Waals surface area contributed by atoms with Crippen LogP contribution >= 0.6 is 0 Å². The van der Waals surface area contributed by atoms with E-state index in [0.29, 0.717) is 23.3 Å². The minimum atomic E-state index is -0.950. The number of halogens is 4. The Morgan fingerprint density at radius 1 is 0.839 bits per heavy atom. The normalized spacial score (nSPS) is 10.7. The molecule has 0 fully saturated rings. The molecule has 0 aliphatic heterocycles. The molecule has 0 amide bonds. The summed E-state index contributed by atoms with van der Waals surface area (Å²) in [7, 11) is 1.56. The topological polar surface area (TPSA) is 22.1 Å². The van der Waals surface area contributed by atoms with Crippen molar-refractivity contribution < 1.29 is 22.3 Å². The number of hydrogen-bond donors (Lipinski definition) is 0. The lowest BCUT2D eigenvalue weighted by Crippen LogP contribution is -1.95. The maximum absolute atomic E-state index is 14.6. The average molecular weight is 421 g/mol. The Kier molecular flexibility index (Phi) is 5.70. The van der Waals surface area contributed by atoms with Gasteiger partial charge in [-0.2, -0.15) is 0 Å². The number of aromatic nitrogens is 1. The molecular weight excluding hydrogens is 406 g/mol. The molecule has 0 saturated carbocycles. The number of benzene rings is 3. The highest BCUT2D eigenvalue weighted by Crippen LogP contribution is 2.24. The second-order valence-electron chi connectivity index (χ2n) is 6.85. The lowest BCUT2D eigenvalue weighted by Gasteiger charge is -2.05. The van der Waals surface area contributed by atoms with Gasteiger partial charge in [0.05, 0.1) is 17.9 Å². The molecule has 0 bridgehead atoms. The summed E-state index contributed by atoms with van der Waals surface area (Å²) in [6.45, 7) is 0.390. The fourth-order valence-electron chi connectivity index (χ4n) is 3.17. The van der Waals surface area contributed by atoms with Gasteiger partial charge in [0.15, 0.2) is 11.6 Å². The van der Waals surface area contributed by atoms with E-state index in [-0.39, 0.29) is 16.5 Å². The van der Waals surface area contributed by atoms with E-state index in [1.54, 1.807) is 25.4 Å². The van der Waals surface area contributed by atoms with E-state index in [4.69, 9.17) is 4.74 Å². The van der Waals surface area contributed by atoms with Crippen LogP contribution in [0.15, 0.2) is 60.8 Å². The third-order valence-electron chi connectivity index (χ3n) is 4.71. The van der Waals surface area contributed by atoms with Gasteiger partial charge in [0.25, 0.3) is 0 Å².